The molecule has 0 radical (unpaired) electrons. The van der Waals surface area contributed by atoms with Gasteiger partial charge in [0.25, 0.3) is 0 Å². The van der Waals surface area contributed by atoms with Crippen molar-refractivity contribution >= 4 is 11.6 Å². The maximum atomic E-state index is 11.5. The Labute approximate surface area is 113 Å². The highest BCUT2D eigenvalue weighted by Gasteiger charge is 2.04. The lowest BCUT2D eigenvalue weighted by Gasteiger charge is -2.11. The van der Waals surface area contributed by atoms with E-state index in [9.17, 15) is 4.79 Å². The number of hydrogen-bond donors (Lipinski definition) is 2. The van der Waals surface area contributed by atoms with Crippen molar-refractivity contribution in [2.24, 2.45) is 0 Å². The molecule has 0 atom stereocenters. The number of rotatable bonds is 8. The molecule has 2 N–H and O–H groups in total. The molecule has 1 amide bonds. The average Bonchev–Trinajstić information content (AvgIpc) is 2.44. The van der Waals surface area contributed by atoms with Crippen molar-refractivity contribution in [2.45, 2.75) is 12.8 Å². The number of nitrogens with one attached hydrogen (secondary N) is 2. The third kappa shape index (κ3) is 5.89. The predicted octanol–water partition coefficient (Wildman–Crippen LogP) is 1.32. The van der Waals surface area contributed by atoms with E-state index in [1.54, 1.807) is 7.11 Å². The summed E-state index contributed by atoms with van der Waals surface area (Å²) in [6.07, 6.45) is 1.13. The first-order valence-electron chi connectivity index (χ1n) is 6.22. The van der Waals surface area contributed by atoms with Gasteiger partial charge in [-0.1, -0.05) is 18.2 Å². The van der Waals surface area contributed by atoms with E-state index in [1.165, 1.54) is 0 Å². The lowest BCUT2D eigenvalue weighted by molar-refractivity contribution is -0.119. The minimum absolute atomic E-state index is 0.114. The van der Waals surface area contributed by atoms with Crippen LogP contribution in [0, 0.1) is 11.3 Å². The van der Waals surface area contributed by atoms with E-state index in [4.69, 9.17) is 10.00 Å². The molecule has 19 heavy (non-hydrogen) atoms. The van der Waals surface area contributed by atoms with Gasteiger partial charge >= 0.3 is 0 Å². The quantitative estimate of drug-likeness (QED) is 0.692. The van der Waals surface area contributed by atoms with Gasteiger partial charge in [-0.25, -0.2) is 0 Å². The highest BCUT2D eigenvalue weighted by Crippen LogP contribution is 2.15. The number of nitrogens with zero attached hydrogens (tertiary/aromatic N) is 1. The first-order chi connectivity index (χ1) is 9.27. The molecule has 0 saturated heterocycles. The Bertz CT molecular complexity index is 441. The van der Waals surface area contributed by atoms with Crippen molar-refractivity contribution in [3.05, 3.63) is 29.8 Å². The monoisotopic (exact) mass is 261 g/mol. The Morgan fingerprint density at radius 1 is 1.42 bits per heavy atom. The number of hydrogen-bond acceptors (Lipinski definition) is 4. The van der Waals surface area contributed by atoms with Crippen LogP contribution in [0.15, 0.2) is 24.3 Å². The summed E-state index contributed by atoms with van der Waals surface area (Å²) in [5, 5.41) is 14.1. The van der Waals surface area contributed by atoms with Crippen LogP contribution in [-0.2, 0) is 16.0 Å². The number of anilines is 1. The van der Waals surface area contributed by atoms with Gasteiger partial charge in [0.05, 0.1) is 25.6 Å². The molecule has 1 aromatic carbocycles. The van der Waals surface area contributed by atoms with Crippen LogP contribution in [0.4, 0.5) is 5.69 Å². The molecule has 5 nitrogen and oxygen atoms in total. The molecule has 0 aliphatic heterocycles. The number of para-hydroxylation sites is 1. The molecule has 0 aliphatic rings. The standard InChI is InChI=1S/C14H19N3O2/c1-19-10-7-12-5-2-3-6-13(12)17-11-14(18)16-9-4-8-15/h2-3,5-6,17H,4,7,9-11H2,1H3,(H,16,18). The second-order valence-corrected chi connectivity index (χ2v) is 4.01. The second-order valence-electron chi connectivity index (χ2n) is 4.01. The number of amides is 1. The van der Waals surface area contributed by atoms with Gasteiger partial charge in [-0.15, -0.1) is 0 Å². The van der Waals surface area contributed by atoms with Gasteiger partial charge in [-0.05, 0) is 18.1 Å². The molecule has 0 heterocycles. The lowest BCUT2D eigenvalue weighted by Crippen LogP contribution is -2.30. The third-order valence-corrected chi connectivity index (χ3v) is 2.59. The Morgan fingerprint density at radius 2 is 2.21 bits per heavy atom. The average molecular weight is 261 g/mol. The summed E-state index contributed by atoms with van der Waals surface area (Å²) < 4.78 is 5.05. The molecule has 0 aliphatic carbocycles. The molecule has 0 aromatic heterocycles. The highest BCUT2D eigenvalue weighted by molar-refractivity contribution is 5.80. The first kappa shape index (κ1) is 15.0. The smallest absolute Gasteiger partial charge is 0.239 e. The van der Waals surface area contributed by atoms with Crippen LogP contribution in [0.3, 0.4) is 0 Å². The molecule has 5 heteroatoms. The molecule has 0 bridgehead atoms. The van der Waals surface area contributed by atoms with E-state index in [1.807, 2.05) is 30.3 Å². The summed E-state index contributed by atoms with van der Waals surface area (Å²) in [7, 11) is 1.67. The Hall–Kier alpha value is -2.06. The van der Waals surface area contributed by atoms with Crippen LogP contribution in [-0.4, -0.2) is 32.7 Å². The van der Waals surface area contributed by atoms with Crippen molar-refractivity contribution in [3.8, 4) is 6.07 Å². The third-order valence-electron chi connectivity index (χ3n) is 2.59. The van der Waals surface area contributed by atoms with Gasteiger partial charge in [-0.3, -0.25) is 4.79 Å². The number of benzene rings is 1. The SMILES string of the molecule is COCCc1ccccc1NCC(=O)NCCC#N. The summed E-state index contributed by atoms with van der Waals surface area (Å²) in [6, 6.07) is 9.81. The number of ether oxygens (including phenoxy) is 1. The zero-order valence-electron chi connectivity index (χ0n) is 11.1. The van der Waals surface area contributed by atoms with Crippen LogP contribution in [0.1, 0.15) is 12.0 Å². The first-order valence-corrected chi connectivity index (χ1v) is 6.22. The van der Waals surface area contributed by atoms with Crippen molar-refractivity contribution in [3.63, 3.8) is 0 Å². The van der Waals surface area contributed by atoms with E-state index in [-0.39, 0.29) is 12.5 Å². The molecule has 0 fully saturated rings. The minimum atomic E-state index is -0.114. The Kier molecular flexibility index (Phi) is 7.06. The predicted molar refractivity (Wildman–Crippen MR) is 73.8 cm³/mol. The van der Waals surface area contributed by atoms with Crippen LogP contribution in [0.5, 0.6) is 0 Å². The number of nitriles is 1. The van der Waals surface area contributed by atoms with Crippen molar-refractivity contribution in [1.29, 1.82) is 5.26 Å². The fourth-order valence-corrected chi connectivity index (χ4v) is 1.62. The van der Waals surface area contributed by atoms with Gasteiger partial charge in [0.1, 0.15) is 0 Å². The van der Waals surface area contributed by atoms with Crippen molar-refractivity contribution in [1.82, 2.24) is 5.32 Å². The normalized spacial score (nSPS) is 9.68. The van der Waals surface area contributed by atoms with E-state index >= 15 is 0 Å². The number of carbonyl (C=O) groups excluding carboxylic acids is 1. The van der Waals surface area contributed by atoms with Gasteiger partial charge in [0.15, 0.2) is 0 Å². The van der Waals surface area contributed by atoms with Crippen molar-refractivity contribution in [2.75, 3.05) is 32.1 Å². The Balaban J connectivity index is 2.43. The van der Waals surface area contributed by atoms with E-state index in [2.05, 4.69) is 10.6 Å². The summed E-state index contributed by atoms with van der Waals surface area (Å²) in [5.41, 5.74) is 2.06. The van der Waals surface area contributed by atoms with Gasteiger partial charge in [0, 0.05) is 19.3 Å². The van der Waals surface area contributed by atoms with E-state index in [0.29, 0.717) is 19.6 Å². The van der Waals surface area contributed by atoms with Gasteiger partial charge < -0.3 is 15.4 Å². The van der Waals surface area contributed by atoms with Crippen LogP contribution in [0.2, 0.25) is 0 Å². The summed E-state index contributed by atoms with van der Waals surface area (Å²) in [6.45, 7) is 1.24. The summed E-state index contributed by atoms with van der Waals surface area (Å²) in [4.78, 5) is 11.5. The topological polar surface area (TPSA) is 74.2 Å². The van der Waals surface area contributed by atoms with Gasteiger partial charge in [0.2, 0.25) is 5.91 Å². The van der Waals surface area contributed by atoms with Crippen LogP contribution < -0.4 is 10.6 Å². The molecular formula is C14H19N3O2. The minimum Gasteiger partial charge on any atom is -0.384 e. The van der Waals surface area contributed by atoms with Crippen LogP contribution >= 0.6 is 0 Å². The molecule has 1 rings (SSSR count). The zero-order valence-corrected chi connectivity index (χ0v) is 11.1. The molecule has 0 unspecified atom stereocenters. The molecule has 1 aromatic rings. The second kappa shape index (κ2) is 8.95. The summed E-state index contributed by atoms with van der Waals surface area (Å²) in [5.74, 6) is -0.114. The largest absolute Gasteiger partial charge is 0.384 e. The molecule has 0 saturated carbocycles. The molecular weight excluding hydrogens is 242 g/mol. The number of methoxy groups -OCH3 is 1. The molecule has 102 valence electrons. The summed E-state index contributed by atoms with van der Waals surface area (Å²) >= 11 is 0. The van der Waals surface area contributed by atoms with E-state index < -0.39 is 0 Å². The number of carbonyl (C=O) groups is 1. The fourth-order valence-electron chi connectivity index (χ4n) is 1.62. The van der Waals surface area contributed by atoms with Crippen molar-refractivity contribution < 1.29 is 9.53 Å². The zero-order chi connectivity index (χ0) is 13.9. The fraction of sp³-hybridized carbons (Fsp3) is 0.429. The van der Waals surface area contributed by atoms with E-state index in [0.717, 1.165) is 17.7 Å². The van der Waals surface area contributed by atoms with Gasteiger partial charge in [-0.2, -0.15) is 5.26 Å². The molecule has 0 spiro atoms. The van der Waals surface area contributed by atoms with Crippen LogP contribution in [0.25, 0.3) is 0 Å². The Morgan fingerprint density at radius 3 is 2.95 bits per heavy atom. The lowest BCUT2D eigenvalue weighted by atomic mass is 10.1. The highest BCUT2D eigenvalue weighted by atomic mass is 16.5. The maximum absolute atomic E-state index is 11.5. The maximum Gasteiger partial charge on any atom is 0.239 e.